The summed E-state index contributed by atoms with van der Waals surface area (Å²) in [5, 5.41) is 13.4. The Hall–Kier alpha value is -2.43. The van der Waals surface area contributed by atoms with E-state index in [0.29, 0.717) is 6.54 Å². The van der Waals surface area contributed by atoms with Crippen molar-refractivity contribution in [1.82, 2.24) is 20.2 Å². The van der Waals surface area contributed by atoms with E-state index in [1.54, 1.807) is 18.6 Å². The van der Waals surface area contributed by atoms with Crippen LogP contribution in [0.2, 0.25) is 0 Å². The van der Waals surface area contributed by atoms with E-state index in [9.17, 15) is 0 Å². The zero-order valence-electron chi connectivity index (χ0n) is 9.09. The van der Waals surface area contributed by atoms with Crippen LogP contribution in [0.4, 0.5) is 5.82 Å². The molecule has 0 radical (unpaired) electrons. The fraction of sp³-hybridized carbons (Fsp3) is 0.0833. The first-order valence-corrected chi connectivity index (χ1v) is 5.36. The van der Waals surface area contributed by atoms with Crippen molar-refractivity contribution in [2.75, 3.05) is 5.32 Å². The molecule has 5 heteroatoms. The third-order valence-corrected chi connectivity index (χ3v) is 2.55. The molecule has 17 heavy (non-hydrogen) atoms. The van der Waals surface area contributed by atoms with Crippen LogP contribution in [-0.2, 0) is 6.54 Å². The first-order valence-electron chi connectivity index (χ1n) is 5.36. The summed E-state index contributed by atoms with van der Waals surface area (Å²) in [6.07, 6.45) is 5.28. The fourth-order valence-corrected chi connectivity index (χ4v) is 1.72. The van der Waals surface area contributed by atoms with Gasteiger partial charge in [-0.15, -0.1) is 5.10 Å². The Kier molecular flexibility index (Phi) is 2.42. The number of anilines is 1. The number of nitrogens with zero attached hydrogens (tertiary/aromatic N) is 3. The zero-order valence-corrected chi connectivity index (χ0v) is 9.09. The highest BCUT2D eigenvalue weighted by Gasteiger charge is 2.02. The second kappa shape index (κ2) is 4.21. The molecule has 2 heterocycles. The number of imidazole rings is 1. The predicted octanol–water partition coefficient (Wildman–Crippen LogP) is 1.96. The molecule has 0 aliphatic rings. The summed E-state index contributed by atoms with van der Waals surface area (Å²) < 4.78 is 0. The molecule has 2 N–H and O–H groups in total. The van der Waals surface area contributed by atoms with E-state index < -0.39 is 0 Å². The predicted molar refractivity (Wildman–Crippen MR) is 65.5 cm³/mol. The lowest BCUT2D eigenvalue weighted by Crippen LogP contribution is -2.04. The van der Waals surface area contributed by atoms with Gasteiger partial charge in [0, 0.05) is 23.2 Å². The van der Waals surface area contributed by atoms with Crippen molar-refractivity contribution in [3.8, 4) is 0 Å². The van der Waals surface area contributed by atoms with Gasteiger partial charge < -0.3 is 10.3 Å². The average Bonchev–Trinajstić information content (AvgIpc) is 2.89. The van der Waals surface area contributed by atoms with Crippen LogP contribution in [0.3, 0.4) is 0 Å². The molecule has 5 nitrogen and oxygen atoms in total. The van der Waals surface area contributed by atoms with Crippen molar-refractivity contribution < 1.29 is 0 Å². The first-order chi connectivity index (χ1) is 8.43. The molecule has 0 amide bonds. The Bertz CT molecular complexity index is 612. The summed E-state index contributed by atoms with van der Waals surface area (Å²) in [4.78, 5) is 7.18. The van der Waals surface area contributed by atoms with Gasteiger partial charge in [0.15, 0.2) is 5.82 Å². The van der Waals surface area contributed by atoms with Gasteiger partial charge in [-0.25, -0.2) is 4.98 Å². The maximum absolute atomic E-state index is 4.15. The smallest absolute Gasteiger partial charge is 0.156 e. The minimum absolute atomic E-state index is 0.607. The Morgan fingerprint density at radius 1 is 1.24 bits per heavy atom. The van der Waals surface area contributed by atoms with Gasteiger partial charge in [0.05, 0.1) is 12.7 Å². The van der Waals surface area contributed by atoms with E-state index in [0.717, 1.165) is 22.4 Å². The summed E-state index contributed by atoms with van der Waals surface area (Å²) in [5.41, 5.74) is 0. The summed E-state index contributed by atoms with van der Waals surface area (Å²) >= 11 is 0. The molecule has 0 saturated carbocycles. The molecular formula is C12H11N5. The van der Waals surface area contributed by atoms with Crippen LogP contribution in [0.5, 0.6) is 0 Å². The molecule has 0 unspecified atom stereocenters. The number of hydrogen-bond donors (Lipinski definition) is 2. The number of rotatable bonds is 3. The normalized spacial score (nSPS) is 10.6. The van der Waals surface area contributed by atoms with Crippen LogP contribution in [0, 0.1) is 0 Å². The summed E-state index contributed by atoms with van der Waals surface area (Å²) in [7, 11) is 0. The van der Waals surface area contributed by atoms with Crippen molar-refractivity contribution in [1.29, 1.82) is 0 Å². The van der Waals surface area contributed by atoms with Crippen molar-refractivity contribution >= 4 is 16.6 Å². The van der Waals surface area contributed by atoms with Gasteiger partial charge >= 0.3 is 0 Å². The molecule has 3 aromatic rings. The molecule has 0 bridgehead atoms. The van der Waals surface area contributed by atoms with Crippen LogP contribution < -0.4 is 5.32 Å². The van der Waals surface area contributed by atoms with Crippen molar-refractivity contribution in [3.63, 3.8) is 0 Å². The molecule has 0 spiro atoms. The van der Waals surface area contributed by atoms with Gasteiger partial charge in [-0.1, -0.05) is 24.3 Å². The van der Waals surface area contributed by atoms with E-state index in [4.69, 9.17) is 0 Å². The van der Waals surface area contributed by atoms with E-state index in [1.807, 2.05) is 24.3 Å². The number of aromatic nitrogens is 4. The Labute approximate surface area is 97.9 Å². The molecule has 1 aromatic carbocycles. The van der Waals surface area contributed by atoms with Gasteiger partial charge in [0.1, 0.15) is 5.82 Å². The minimum Gasteiger partial charge on any atom is -0.361 e. The second-order valence-electron chi connectivity index (χ2n) is 3.67. The van der Waals surface area contributed by atoms with Crippen LogP contribution >= 0.6 is 0 Å². The zero-order chi connectivity index (χ0) is 11.5. The number of benzene rings is 1. The number of aromatic amines is 1. The summed E-state index contributed by atoms with van der Waals surface area (Å²) in [6.45, 7) is 0.607. The quantitative estimate of drug-likeness (QED) is 0.715. The highest BCUT2D eigenvalue weighted by Crippen LogP contribution is 2.19. The lowest BCUT2D eigenvalue weighted by Gasteiger charge is -2.05. The molecule has 0 saturated heterocycles. The van der Waals surface area contributed by atoms with E-state index in [1.165, 1.54) is 0 Å². The highest BCUT2D eigenvalue weighted by atomic mass is 15.2. The van der Waals surface area contributed by atoms with Crippen LogP contribution in [-0.4, -0.2) is 20.2 Å². The summed E-state index contributed by atoms with van der Waals surface area (Å²) in [5.74, 6) is 1.65. The maximum atomic E-state index is 4.15. The van der Waals surface area contributed by atoms with Gasteiger partial charge in [0.2, 0.25) is 0 Å². The van der Waals surface area contributed by atoms with Crippen molar-refractivity contribution in [2.24, 2.45) is 0 Å². The molecule has 2 aromatic heterocycles. The number of fused-ring (bicyclic) bond motifs is 1. The van der Waals surface area contributed by atoms with Crippen LogP contribution in [0.15, 0.2) is 42.9 Å². The molecule has 0 fully saturated rings. The lowest BCUT2D eigenvalue weighted by molar-refractivity contribution is 0.964. The largest absolute Gasteiger partial charge is 0.361 e. The Morgan fingerprint density at radius 3 is 3.06 bits per heavy atom. The molecule has 0 aliphatic carbocycles. The molecular weight excluding hydrogens is 214 g/mol. The van der Waals surface area contributed by atoms with Crippen molar-refractivity contribution in [3.05, 3.63) is 48.7 Å². The third-order valence-electron chi connectivity index (χ3n) is 2.55. The topological polar surface area (TPSA) is 66.5 Å². The highest BCUT2D eigenvalue weighted by molar-refractivity contribution is 5.90. The van der Waals surface area contributed by atoms with Gasteiger partial charge in [0.25, 0.3) is 0 Å². The van der Waals surface area contributed by atoms with Crippen molar-refractivity contribution in [2.45, 2.75) is 6.54 Å². The SMILES string of the molecule is c1ccc2c(NCc3ncc[nH]3)nncc2c1. The maximum Gasteiger partial charge on any atom is 0.156 e. The minimum atomic E-state index is 0.607. The van der Waals surface area contributed by atoms with Gasteiger partial charge in [-0.3, -0.25) is 0 Å². The average molecular weight is 225 g/mol. The van der Waals surface area contributed by atoms with E-state index in [2.05, 4.69) is 25.5 Å². The number of H-pyrrole nitrogens is 1. The van der Waals surface area contributed by atoms with Gasteiger partial charge in [-0.05, 0) is 0 Å². The van der Waals surface area contributed by atoms with Crippen LogP contribution in [0.25, 0.3) is 10.8 Å². The number of nitrogens with one attached hydrogen (secondary N) is 2. The molecule has 0 aliphatic heterocycles. The summed E-state index contributed by atoms with van der Waals surface area (Å²) in [6, 6.07) is 8.01. The van der Waals surface area contributed by atoms with Crippen LogP contribution in [0.1, 0.15) is 5.82 Å². The molecule has 84 valence electrons. The second-order valence-corrected chi connectivity index (χ2v) is 3.67. The first kappa shape index (κ1) is 9.77. The van der Waals surface area contributed by atoms with Gasteiger partial charge in [-0.2, -0.15) is 5.10 Å². The molecule has 0 atom stereocenters. The van der Waals surface area contributed by atoms with E-state index >= 15 is 0 Å². The monoisotopic (exact) mass is 225 g/mol. The Balaban J connectivity index is 1.90. The number of hydrogen-bond acceptors (Lipinski definition) is 4. The standard InChI is InChI=1S/C12H11N5/c1-2-4-10-9(3-1)7-16-17-12(10)15-8-11-13-5-6-14-11/h1-7H,8H2,(H,13,14)(H,15,17). The lowest BCUT2D eigenvalue weighted by atomic mass is 10.2. The van der Waals surface area contributed by atoms with E-state index in [-0.39, 0.29) is 0 Å². The fourth-order valence-electron chi connectivity index (χ4n) is 1.72. The third kappa shape index (κ3) is 1.94. The Morgan fingerprint density at radius 2 is 2.18 bits per heavy atom. The molecule has 3 rings (SSSR count).